The third kappa shape index (κ3) is 2.29. The fraction of sp³-hybridized carbons (Fsp3) is 0.562. The van der Waals surface area contributed by atoms with Gasteiger partial charge in [0.1, 0.15) is 0 Å². The van der Waals surface area contributed by atoms with Crippen LogP contribution in [-0.4, -0.2) is 23.9 Å². The molecule has 1 amide bonds. The van der Waals surface area contributed by atoms with E-state index in [0.717, 1.165) is 32.4 Å². The molecule has 2 aliphatic rings. The predicted molar refractivity (Wildman–Crippen MR) is 72.3 cm³/mol. The highest BCUT2D eigenvalue weighted by atomic mass is 16.2. The molecule has 2 nitrogen and oxygen atoms in total. The Balaban J connectivity index is 1.57. The number of likely N-dealkylation sites (tertiary alicyclic amines) is 1. The van der Waals surface area contributed by atoms with Gasteiger partial charge in [-0.25, -0.2) is 0 Å². The van der Waals surface area contributed by atoms with Crippen molar-refractivity contribution >= 4 is 5.91 Å². The zero-order chi connectivity index (χ0) is 12.5. The molecule has 18 heavy (non-hydrogen) atoms. The Morgan fingerprint density at radius 3 is 2.33 bits per heavy atom. The number of nitrogens with zero attached hydrogens (tertiary/aromatic N) is 1. The summed E-state index contributed by atoms with van der Waals surface area (Å²) in [6.07, 6.45) is 3.35. The lowest BCUT2D eigenvalue weighted by atomic mass is 9.89. The number of rotatable bonds is 2. The molecule has 0 N–H and O–H groups in total. The normalized spacial score (nSPS) is 28.2. The molecule has 1 aliphatic carbocycles. The molecule has 1 saturated heterocycles. The van der Waals surface area contributed by atoms with E-state index in [1.54, 1.807) is 0 Å². The SMILES string of the molecule is CC1CC1C(=O)N1CCC(c2ccccc2)CC1. The molecule has 2 atom stereocenters. The molecule has 1 heterocycles. The Morgan fingerprint density at radius 1 is 1.17 bits per heavy atom. The maximum Gasteiger partial charge on any atom is 0.225 e. The molecule has 2 heteroatoms. The monoisotopic (exact) mass is 243 g/mol. The first-order valence-electron chi connectivity index (χ1n) is 7.09. The number of carbonyl (C=O) groups is 1. The van der Waals surface area contributed by atoms with Gasteiger partial charge in [0.25, 0.3) is 0 Å². The van der Waals surface area contributed by atoms with Crippen LogP contribution in [0.5, 0.6) is 0 Å². The van der Waals surface area contributed by atoms with Crippen LogP contribution < -0.4 is 0 Å². The summed E-state index contributed by atoms with van der Waals surface area (Å²) >= 11 is 0. The number of benzene rings is 1. The van der Waals surface area contributed by atoms with Gasteiger partial charge in [0.05, 0.1) is 0 Å². The second-order valence-electron chi connectivity index (χ2n) is 5.83. The first kappa shape index (κ1) is 11.8. The van der Waals surface area contributed by atoms with E-state index in [2.05, 4.69) is 42.2 Å². The third-order valence-electron chi connectivity index (χ3n) is 4.50. The van der Waals surface area contributed by atoms with Gasteiger partial charge in [-0.15, -0.1) is 0 Å². The van der Waals surface area contributed by atoms with Crippen LogP contribution in [0, 0.1) is 11.8 Å². The first-order valence-corrected chi connectivity index (χ1v) is 7.09. The van der Waals surface area contributed by atoms with Crippen molar-refractivity contribution in [1.29, 1.82) is 0 Å². The molecule has 2 unspecified atom stereocenters. The fourth-order valence-electron chi connectivity index (χ4n) is 3.06. The van der Waals surface area contributed by atoms with Crippen molar-refractivity contribution in [2.24, 2.45) is 11.8 Å². The van der Waals surface area contributed by atoms with E-state index < -0.39 is 0 Å². The van der Waals surface area contributed by atoms with Crippen LogP contribution in [-0.2, 0) is 4.79 Å². The van der Waals surface area contributed by atoms with Crippen molar-refractivity contribution < 1.29 is 4.79 Å². The number of carbonyl (C=O) groups excluding carboxylic acids is 1. The van der Waals surface area contributed by atoms with Gasteiger partial charge in [-0.3, -0.25) is 4.79 Å². The maximum atomic E-state index is 12.1. The van der Waals surface area contributed by atoms with Gasteiger partial charge >= 0.3 is 0 Å². The summed E-state index contributed by atoms with van der Waals surface area (Å²) in [5.74, 6) is 2.03. The van der Waals surface area contributed by atoms with Crippen LogP contribution in [0.1, 0.15) is 37.7 Å². The van der Waals surface area contributed by atoms with E-state index in [9.17, 15) is 4.79 Å². The summed E-state index contributed by atoms with van der Waals surface area (Å²) < 4.78 is 0. The zero-order valence-corrected chi connectivity index (χ0v) is 11.0. The largest absolute Gasteiger partial charge is 0.342 e. The van der Waals surface area contributed by atoms with E-state index in [-0.39, 0.29) is 0 Å². The quantitative estimate of drug-likeness (QED) is 0.782. The molecule has 3 rings (SSSR count). The van der Waals surface area contributed by atoms with E-state index in [1.807, 2.05) is 0 Å². The standard InChI is InChI=1S/C16H21NO/c1-12-11-15(12)16(18)17-9-7-14(8-10-17)13-5-3-2-4-6-13/h2-6,12,14-15H,7-11H2,1H3. The summed E-state index contributed by atoms with van der Waals surface area (Å²) in [6, 6.07) is 10.7. The molecule has 1 aromatic carbocycles. The summed E-state index contributed by atoms with van der Waals surface area (Å²) in [5, 5.41) is 0. The third-order valence-corrected chi connectivity index (χ3v) is 4.50. The second-order valence-corrected chi connectivity index (χ2v) is 5.83. The fourth-order valence-corrected chi connectivity index (χ4v) is 3.06. The molecule has 1 saturated carbocycles. The molecular formula is C16H21NO. The van der Waals surface area contributed by atoms with Crippen molar-refractivity contribution in [3.05, 3.63) is 35.9 Å². The Hall–Kier alpha value is -1.31. The van der Waals surface area contributed by atoms with Gasteiger partial charge in [-0.2, -0.15) is 0 Å². The highest BCUT2D eigenvalue weighted by Gasteiger charge is 2.42. The average Bonchev–Trinajstić information content (AvgIpc) is 3.16. The Bertz CT molecular complexity index is 420. The second kappa shape index (κ2) is 4.75. The lowest BCUT2D eigenvalue weighted by molar-refractivity contribution is -0.133. The lowest BCUT2D eigenvalue weighted by Gasteiger charge is -2.32. The smallest absolute Gasteiger partial charge is 0.225 e. The number of piperidine rings is 1. The van der Waals surface area contributed by atoms with Crippen molar-refractivity contribution in [3.8, 4) is 0 Å². The van der Waals surface area contributed by atoms with Gasteiger partial charge in [0, 0.05) is 19.0 Å². The van der Waals surface area contributed by atoms with Crippen molar-refractivity contribution in [2.45, 2.75) is 32.1 Å². The minimum atomic E-state index is 0.346. The van der Waals surface area contributed by atoms with E-state index >= 15 is 0 Å². The van der Waals surface area contributed by atoms with Crippen LogP contribution in [0.4, 0.5) is 0 Å². The highest BCUT2D eigenvalue weighted by molar-refractivity contribution is 5.81. The van der Waals surface area contributed by atoms with Gasteiger partial charge in [-0.05, 0) is 36.7 Å². The molecule has 96 valence electrons. The summed E-state index contributed by atoms with van der Waals surface area (Å²) in [6.45, 7) is 4.07. The molecule has 1 aromatic rings. The van der Waals surface area contributed by atoms with Gasteiger partial charge in [0.2, 0.25) is 5.91 Å². The summed E-state index contributed by atoms with van der Waals surface area (Å²) in [4.78, 5) is 14.2. The predicted octanol–water partition coefficient (Wildman–Crippen LogP) is 3.05. The molecule has 0 aromatic heterocycles. The van der Waals surface area contributed by atoms with Crippen LogP contribution in [0.25, 0.3) is 0 Å². The molecule has 0 radical (unpaired) electrons. The minimum Gasteiger partial charge on any atom is -0.342 e. The topological polar surface area (TPSA) is 20.3 Å². The van der Waals surface area contributed by atoms with Gasteiger partial charge in [-0.1, -0.05) is 37.3 Å². The molecule has 0 bridgehead atoms. The number of hydrogen-bond acceptors (Lipinski definition) is 1. The Kier molecular flexibility index (Phi) is 3.11. The molecule has 1 aliphatic heterocycles. The van der Waals surface area contributed by atoms with E-state index in [1.165, 1.54) is 5.56 Å². The number of amides is 1. The van der Waals surface area contributed by atoms with E-state index in [4.69, 9.17) is 0 Å². The Labute approximate surface area is 109 Å². The van der Waals surface area contributed by atoms with Crippen molar-refractivity contribution in [3.63, 3.8) is 0 Å². The van der Waals surface area contributed by atoms with Crippen LogP contribution in [0.2, 0.25) is 0 Å². The molecule has 2 fully saturated rings. The number of hydrogen-bond donors (Lipinski definition) is 0. The highest BCUT2D eigenvalue weighted by Crippen LogP contribution is 2.40. The summed E-state index contributed by atoms with van der Waals surface area (Å²) in [7, 11) is 0. The Morgan fingerprint density at radius 2 is 1.78 bits per heavy atom. The van der Waals surface area contributed by atoms with Gasteiger partial charge in [0.15, 0.2) is 0 Å². The van der Waals surface area contributed by atoms with Crippen molar-refractivity contribution in [2.75, 3.05) is 13.1 Å². The van der Waals surface area contributed by atoms with Crippen LogP contribution in [0.3, 0.4) is 0 Å². The molecule has 0 spiro atoms. The lowest BCUT2D eigenvalue weighted by Crippen LogP contribution is -2.39. The van der Waals surface area contributed by atoms with E-state index in [0.29, 0.717) is 23.7 Å². The van der Waals surface area contributed by atoms with Crippen LogP contribution >= 0.6 is 0 Å². The molecular weight excluding hydrogens is 222 g/mol. The minimum absolute atomic E-state index is 0.346. The maximum absolute atomic E-state index is 12.1. The van der Waals surface area contributed by atoms with Crippen molar-refractivity contribution in [1.82, 2.24) is 4.90 Å². The van der Waals surface area contributed by atoms with Gasteiger partial charge < -0.3 is 4.90 Å². The first-order chi connectivity index (χ1) is 8.75. The van der Waals surface area contributed by atoms with Crippen LogP contribution in [0.15, 0.2) is 30.3 Å². The average molecular weight is 243 g/mol. The summed E-state index contributed by atoms with van der Waals surface area (Å²) in [5.41, 5.74) is 1.43. The zero-order valence-electron chi connectivity index (χ0n) is 11.0.